The second-order valence-electron chi connectivity index (χ2n) is 5.45. The van der Waals surface area contributed by atoms with Gasteiger partial charge in [-0.2, -0.15) is 0 Å². The van der Waals surface area contributed by atoms with Crippen LogP contribution in [0.1, 0.15) is 29.3 Å². The zero-order valence-electron chi connectivity index (χ0n) is 12.8. The summed E-state index contributed by atoms with van der Waals surface area (Å²) in [4.78, 5) is 14.6. The summed E-state index contributed by atoms with van der Waals surface area (Å²) in [5.41, 5.74) is 2.07. The minimum absolute atomic E-state index is 0.0806. The molecule has 2 aromatic rings. The van der Waals surface area contributed by atoms with E-state index in [2.05, 4.69) is 11.8 Å². The van der Waals surface area contributed by atoms with Crippen molar-refractivity contribution in [3.05, 3.63) is 53.6 Å². The number of phenolic OH excluding ortho intramolecular Hbond substituents is 2. The molecular weight excluding hydrogens is 290 g/mol. The van der Waals surface area contributed by atoms with Crippen LogP contribution in [0.4, 0.5) is 5.69 Å². The van der Waals surface area contributed by atoms with E-state index in [9.17, 15) is 15.0 Å². The Labute approximate surface area is 135 Å². The van der Waals surface area contributed by atoms with Crippen LogP contribution in [0.2, 0.25) is 0 Å². The normalized spacial score (nSPS) is 16.2. The first-order valence-electron chi connectivity index (χ1n) is 7.47. The van der Waals surface area contributed by atoms with E-state index in [1.165, 1.54) is 18.2 Å². The number of fused-ring (bicyclic) bond motifs is 1. The average Bonchev–Trinajstić information content (AvgIpc) is 2.54. The number of amides is 1. The number of rotatable bonds is 1. The predicted molar refractivity (Wildman–Crippen MR) is 88.6 cm³/mol. The van der Waals surface area contributed by atoms with Gasteiger partial charge < -0.3 is 10.2 Å². The van der Waals surface area contributed by atoms with Gasteiger partial charge in [0, 0.05) is 11.8 Å². The Kier molecular flexibility index (Phi) is 3.94. The van der Waals surface area contributed by atoms with Crippen molar-refractivity contribution in [1.82, 2.24) is 0 Å². The highest BCUT2D eigenvalue weighted by molar-refractivity contribution is 6.09. The number of carbonyl (C=O) groups excluding carboxylic acids is 1. The number of benzene rings is 2. The van der Waals surface area contributed by atoms with Crippen molar-refractivity contribution in [1.29, 1.82) is 0 Å². The molecule has 0 fully saturated rings. The number of aromatic hydroxyl groups is 2. The molecule has 0 spiro atoms. The topological polar surface area (TPSA) is 60.8 Å². The Hall–Kier alpha value is -2.93. The van der Waals surface area contributed by atoms with Crippen LogP contribution >= 0.6 is 0 Å². The van der Waals surface area contributed by atoms with Crippen LogP contribution in [-0.2, 0) is 6.42 Å². The summed E-state index contributed by atoms with van der Waals surface area (Å²) in [6, 6.07) is 11.5. The van der Waals surface area contributed by atoms with Crippen molar-refractivity contribution in [2.75, 3.05) is 4.90 Å². The zero-order valence-corrected chi connectivity index (χ0v) is 12.8. The smallest absolute Gasteiger partial charge is 0.263 e. The van der Waals surface area contributed by atoms with Crippen LogP contribution in [-0.4, -0.2) is 22.2 Å². The largest absolute Gasteiger partial charge is 0.508 e. The summed E-state index contributed by atoms with van der Waals surface area (Å²) in [6.07, 6.45) is 1.61. The second kappa shape index (κ2) is 6.05. The minimum atomic E-state index is -0.317. The third-order valence-electron chi connectivity index (χ3n) is 3.99. The van der Waals surface area contributed by atoms with E-state index in [1.807, 2.05) is 24.3 Å². The molecule has 1 heterocycles. The molecule has 116 valence electrons. The van der Waals surface area contributed by atoms with Gasteiger partial charge in [0.15, 0.2) is 0 Å². The molecule has 0 aliphatic carbocycles. The van der Waals surface area contributed by atoms with Crippen LogP contribution < -0.4 is 4.90 Å². The Balaban J connectivity index is 2.09. The fraction of sp³-hybridized carbons (Fsp3) is 0.211. The first-order valence-corrected chi connectivity index (χ1v) is 7.47. The fourth-order valence-electron chi connectivity index (χ4n) is 2.93. The number of hydrogen-bond donors (Lipinski definition) is 2. The lowest BCUT2D eigenvalue weighted by Crippen LogP contribution is -2.43. The lowest BCUT2D eigenvalue weighted by atomic mass is 9.95. The third kappa shape index (κ3) is 2.74. The van der Waals surface area contributed by atoms with Crippen LogP contribution in [0, 0.1) is 11.8 Å². The highest BCUT2D eigenvalue weighted by Crippen LogP contribution is 2.33. The first-order chi connectivity index (χ1) is 11.1. The van der Waals surface area contributed by atoms with Crippen LogP contribution in [0.15, 0.2) is 42.5 Å². The SMILES string of the molecule is CC#CC1CCc2ccccc2N1C(=O)c1ccc(O)cc1O. The van der Waals surface area contributed by atoms with E-state index in [0.29, 0.717) is 0 Å². The molecule has 23 heavy (non-hydrogen) atoms. The Morgan fingerprint density at radius 3 is 2.74 bits per heavy atom. The molecule has 2 aromatic carbocycles. The number of carbonyl (C=O) groups is 1. The summed E-state index contributed by atoms with van der Waals surface area (Å²) < 4.78 is 0. The van der Waals surface area contributed by atoms with E-state index < -0.39 is 0 Å². The van der Waals surface area contributed by atoms with Crippen molar-refractivity contribution >= 4 is 11.6 Å². The van der Waals surface area contributed by atoms with Crippen molar-refractivity contribution in [3.8, 4) is 23.3 Å². The van der Waals surface area contributed by atoms with E-state index in [-0.39, 0.29) is 29.0 Å². The quantitative estimate of drug-likeness (QED) is 0.796. The summed E-state index contributed by atoms with van der Waals surface area (Å²) in [5.74, 6) is 5.33. The highest BCUT2D eigenvalue weighted by Gasteiger charge is 2.31. The van der Waals surface area contributed by atoms with Gasteiger partial charge >= 0.3 is 0 Å². The summed E-state index contributed by atoms with van der Waals surface area (Å²) in [7, 11) is 0. The van der Waals surface area contributed by atoms with Crippen LogP contribution in [0.5, 0.6) is 11.5 Å². The van der Waals surface area contributed by atoms with Gasteiger partial charge in [-0.25, -0.2) is 0 Å². The number of nitrogens with zero attached hydrogens (tertiary/aromatic N) is 1. The summed E-state index contributed by atoms with van der Waals surface area (Å²) in [6.45, 7) is 1.75. The van der Waals surface area contributed by atoms with Gasteiger partial charge in [0.25, 0.3) is 5.91 Å². The Morgan fingerprint density at radius 1 is 1.22 bits per heavy atom. The van der Waals surface area contributed by atoms with Crippen molar-refractivity contribution in [3.63, 3.8) is 0 Å². The summed E-state index contributed by atoms with van der Waals surface area (Å²) >= 11 is 0. The molecule has 1 aliphatic heterocycles. The van der Waals surface area contributed by atoms with Gasteiger partial charge in [-0.3, -0.25) is 9.69 Å². The molecule has 0 saturated heterocycles. The molecule has 4 heteroatoms. The zero-order chi connectivity index (χ0) is 16.4. The lowest BCUT2D eigenvalue weighted by Gasteiger charge is -2.34. The van der Waals surface area contributed by atoms with Gasteiger partial charge in [-0.05, 0) is 43.5 Å². The molecule has 1 atom stereocenters. The molecule has 2 N–H and O–H groups in total. The molecule has 3 rings (SSSR count). The van der Waals surface area contributed by atoms with E-state index in [0.717, 1.165) is 24.1 Å². The van der Waals surface area contributed by atoms with Crippen molar-refractivity contribution in [2.24, 2.45) is 0 Å². The molecule has 0 saturated carbocycles. The van der Waals surface area contributed by atoms with E-state index in [4.69, 9.17) is 0 Å². The predicted octanol–water partition coefficient (Wildman–Crippen LogP) is 3.08. The monoisotopic (exact) mass is 307 g/mol. The van der Waals surface area contributed by atoms with Gasteiger partial charge in [-0.15, -0.1) is 5.92 Å². The molecule has 1 aliphatic rings. The van der Waals surface area contributed by atoms with Gasteiger partial charge in [0.2, 0.25) is 0 Å². The molecule has 0 aromatic heterocycles. The van der Waals surface area contributed by atoms with Gasteiger partial charge in [0.05, 0.1) is 11.6 Å². The number of para-hydroxylation sites is 1. The molecule has 0 radical (unpaired) electrons. The highest BCUT2D eigenvalue weighted by atomic mass is 16.3. The van der Waals surface area contributed by atoms with Gasteiger partial charge in [-0.1, -0.05) is 24.1 Å². The van der Waals surface area contributed by atoms with Crippen LogP contribution in [0.3, 0.4) is 0 Å². The Morgan fingerprint density at radius 2 is 2.00 bits per heavy atom. The molecule has 1 amide bonds. The molecule has 1 unspecified atom stereocenters. The number of hydrogen-bond acceptors (Lipinski definition) is 3. The van der Waals surface area contributed by atoms with Gasteiger partial charge in [0.1, 0.15) is 11.5 Å². The molecule has 0 bridgehead atoms. The Bertz CT molecular complexity index is 817. The number of aryl methyl sites for hydroxylation is 1. The molecule has 4 nitrogen and oxygen atoms in total. The maximum Gasteiger partial charge on any atom is 0.263 e. The first kappa shape index (κ1) is 15.0. The van der Waals surface area contributed by atoms with E-state index in [1.54, 1.807) is 11.8 Å². The fourth-order valence-corrected chi connectivity index (χ4v) is 2.93. The van der Waals surface area contributed by atoms with Crippen LogP contribution in [0.25, 0.3) is 0 Å². The third-order valence-corrected chi connectivity index (χ3v) is 3.99. The maximum absolute atomic E-state index is 13.0. The van der Waals surface area contributed by atoms with Crippen molar-refractivity contribution in [2.45, 2.75) is 25.8 Å². The number of anilines is 1. The standard InChI is InChI=1S/C19H17NO3/c1-2-5-14-9-8-13-6-3-4-7-17(13)20(14)19(23)16-11-10-15(21)12-18(16)22/h3-4,6-7,10-12,14,21-22H,8-9H2,1H3. The average molecular weight is 307 g/mol. The number of phenols is 2. The second-order valence-corrected chi connectivity index (χ2v) is 5.45. The van der Waals surface area contributed by atoms with Crippen molar-refractivity contribution < 1.29 is 15.0 Å². The maximum atomic E-state index is 13.0. The summed E-state index contributed by atoms with van der Waals surface area (Å²) in [5, 5.41) is 19.4. The lowest BCUT2D eigenvalue weighted by molar-refractivity contribution is 0.0976. The minimum Gasteiger partial charge on any atom is -0.508 e. The van der Waals surface area contributed by atoms with E-state index >= 15 is 0 Å². The molecular formula is C19H17NO3.